The highest BCUT2D eigenvalue weighted by molar-refractivity contribution is 5.48. The lowest BCUT2D eigenvalue weighted by molar-refractivity contribution is 0.0604. The molecule has 1 aromatic carbocycles. The molecule has 88 valence electrons. The fourth-order valence-corrected chi connectivity index (χ4v) is 2.06. The summed E-state index contributed by atoms with van der Waals surface area (Å²) in [7, 11) is 0. The zero-order chi connectivity index (χ0) is 11.7. The van der Waals surface area contributed by atoms with Crippen LogP contribution in [0, 0.1) is 0 Å². The lowest BCUT2D eigenvalue weighted by Gasteiger charge is -2.30. The number of aromatic hydroxyl groups is 2. The number of fused-ring (bicyclic) bond motifs is 1. The van der Waals surface area contributed by atoms with Gasteiger partial charge in [0.2, 0.25) is 0 Å². The first kappa shape index (κ1) is 11.2. The highest BCUT2D eigenvalue weighted by Gasteiger charge is 2.26. The molecule has 1 aliphatic heterocycles. The Morgan fingerprint density at radius 2 is 2.00 bits per heavy atom. The minimum atomic E-state index is -0.914. The maximum atomic E-state index is 9.63. The molecule has 16 heavy (non-hydrogen) atoms. The van der Waals surface area contributed by atoms with Gasteiger partial charge in [0.15, 0.2) is 11.5 Å². The van der Waals surface area contributed by atoms with Crippen LogP contribution < -0.4 is 5.32 Å². The standard InChI is InChI=1S/C11H15NO4/c13-5-10(16)11-7-4-9(15)8(14)3-6(7)1-2-12-11/h3-4,10-16H,1-2,5H2/t10-,11?/m1/s1. The zero-order valence-corrected chi connectivity index (χ0v) is 8.72. The number of aliphatic hydroxyl groups excluding tert-OH is 2. The summed E-state index contributed by atoms with van der Waals surface area (Å²) in [6.45, 7) is 0.317. The number of hydrogen-bond acceptors (Lipinski definition) is 5. The summed E-state index contributed by atoms with van der Waals surface area (Å²) >= 11 is 0. The van der Waals surface area contributed by atoms with Crippen LogP contribution in [0.1, 0.15) is 17.2 Å². The van der Waals surface area contributed by atoms with E-state index in [1.165, 1.54) is 12.1 Å². The molecule has 1 unspecified atom stereocenters. The Morgan fingerprint density at radius 1 is 1.31 bits per heavy atom. The minimum Gasteiger partial charge on any atom is -0.504 e. The predicted octanol–water partition coefficient (Wildman–Crippen LogP) is -0.362. The highest BCUT2D eigenvalue weighted by Crippen LogP contribution is 2.34. The summed E-state index contributed by atoms with van der Waals surface area (Å²) in [6.07, 6.45) is -0.194. The summed E-state index contributed by atoms with van der Waals surface area (Å²) in [4.78, 5) is 0. The number of nitrogens with one attached hydrogen (secondary N) is 1. The van der Waals surface area contributed by atoms with Crippen LogP contribution in [0.25, 0.3) is 0 Å². The topological polar surface area (TPSA) is 93.0 Å². The molecule has 1 aromatic rings. The van der Waals surface area contributed by atoms with Gasteiger partial charge in [0.25, 0.3) is 0 Å². The number of rotatable bonds is 2. The van der Waals surface area contributed by atoms with Gasteiger partial charge in [-0.3, -0.25) is 0 Å². The van der Waals surface area contributed by atoms with Gasteiger partial charge >= 0.3 is 0 Å². The molecule has 0 bridgehead atoms. The first-order chi connectivity index (χ1) is 7.63. The molecular formula is C11H15NO4. The van der Waals surface area contributed by atoms with E-state index < -0.39 is 12.1 Å². The van der Waals surface area contributed by atoms with Crippen molar-refractivity contribution in [3.63, 3.8) is 0 Å². The van der Waals surface area contributed by atoms with Crippen LogP contribution in [0.15, 0.2) is 12.1 Å². The molecule has 0 aliphatic carbocycles. The number of aliphatic hydroxyl groups is 2. The lowest BCUT2D eigenvalue weighted by atomic mass is 9.91. The zero-order valence-electron chi connectivity index (χ0n) is 8.72. The molecule has 5 heteroatoms. The highest BCUT2D eigenvalue weighted by atomic mass is 16.3. The van der Waals surface area contributed by atoms with Crippen molar-refractivity contribution in [1.82, 2.24) is 5.32 Å². The second kappa shape index (κ2) is 4.29. The molecule has 0 radical (unpaired) electrons. The van der Waals surface area contributed by atoms with E-state index in [1.54, 1.807) is 0 Å². The van der Waals surface area contributed by atoms with E-state index in [0.717, 1.165) is 17.5 Å². The first-order valence-corrected chi connectivity index (χ1v) is 5.20. The van der Waals surface area contributed by atoms with Crippen molar-refractivity contribution in [3.05, 3.63) is 23.3 Å². The van der Waals surface area contributed by atoms with Gasteiger partial charge in [-0.05, 0) is 36.2 Å². The molecular weight excluding hydrogens is 210 g/mol. The fraction of sp³-hybridized carbons (Fsp3) is 0.455. The van der Waals surface area contributed by atoms with Gasteiger partial charge in [0.05, 0.1) is 18.8 Å². The van der Waals surface area contributed by atoms with E-state index in [2.05, 4.69) is 5.32 Å². The fourth-order valence-electron chi connectivity index (χ4n) is 2.06. The van der Waals surface area contributed by atoms with Crippen LogP contribution in [-0.4, -0.2) is 39.7 Å². The van der Waals surface area contributed by atoms with Gasteiger partial charge in [-0.15, -0.1) is 0 Å². The van der Waals surface area contributed by atoms with Gasteiger partial charge in [0, 0.05) is 0 Å². The van der Waals surface area contributed by atoms with Crippen molar-refractivity contribution in [1.29, 1.82) is 0 Å². The molecule has 1 heterocycles. The predicted molar refractivity (Wildman–Crippen MR) is 57.3 cm³/mol. The maximum absolute atomic E-state index is 9.63. The smallest absolute Gasteiger partial charge is 0.157 e. The summed E-state index contributed by atoms with van der Waals surface area (Å²) in [5, 5.41) is 40.4. The summed E-state index contributed by atoms with van der Waals surface area (Å²) in [5.41, 5.74) is 1.61. The molecule has 1 aliphatic rings. The van der Waals surface area contributed by atoms with Crippen molar-refractivity contribution in [2.75, 3.05) is 13.2 Å². The quantitative estimate of drug-likeness (QED) is 0.443. The first-order valence-electron chi connectivity index (χ1n) is 5.20. The van der Waals surface area contributed by atoms with E-state index in [9.17, 15) is 15.3 Å². The Labute approximate surface area is 93.0 Å². The second-order valence-electron chi connectivity index (χ2n) is 3.97. The molecule has 0 aromatic heterocycles. The minimum absolute atomic E-state index is 0.155. The van der Waals surface area contributed by atoms with Gasteiger partial charge in [0.1, 0.15) is 0 Å². The molecule has 0 amide bonds. The molecule has 2 atom stereocenters. The third kappa shape index (κ3) is 1.84. The Hall–Kier alpha value is -1.30. The van der Waals surface area contributed by atoms with Gasteiger partial charge in [-0.25, -0.2) is 0 Å². The maximum Gasteiger partial charge on any atom is 0.157 e. The van der Waals surface area contributed by atoms with E-state index in [-0.39, 0.29) is 18.1 Å². The third-order valence-corrected chi connectivity index (χ3v) is 2.90. The summed E-state index contributed by atoms with van der Waals surface area (Å²) in [6, 6.07) is 2.53. The Bertz CT molecular complexity index is 394. The third-order valence-electron chi connectivity index (χ3n) is 2.90. The van der Waals surface area contributed by atoms with E-state index >= 15 is 0 Å². The summed E-state index contributed by atoms with van der Waals surface area (Å²) < 4.78 is 0. The van der Waals surface area contributed by atoms with E-state index in [1.807, 2.05) is 0 Å². The van der Waals surface area contributed by atoms with Crippen molar-refractivity contribution in [2.45, 2.75) is 18.6 Å². The largest absolute Gasteiger partial charge is 0.504 e. The molecule has 0 spiro atoms. The lowest BCUT2D eigenvalue weighted by Crippen LogP contribution is -2.39. The van der Waals surface area contributed by atoms with Crippen molar-refractivity contribution < 1.29 is 20.4 Å². The van der Waals surface area contributed by atoms with Gasteiger partial charge < -0.3 is 25.7 Å². The normalized spacial score (nSPS) is 21.5. The van der Waals surface area contributed by atoms with Crippen LogP contribution in [0.3, 0.4) is 0 Å². The summed E-state index contributed by atoms with van der Waals surface area (Å²) in [5.74, 6) is -0.365. The number of benzene rings is 1. The Morgan fingerprint density at radius 3 is 2.69 bits per heavy atom. The molecule has 5 N–H and O–H groups in total. The van der Waals surface area contributed by atoms with Gasteiger partial charge in [-0.2, -0.15) is 0 Å². The van der Waals surface area contributed by atoms with Crippen molar-refractivity contribution in [2.24, 2.45) is 0 Å². The van der Waals surface area contributed by atoms with Crippen LogP contribution in [0.4, 0.5) is 0 Å². The average Bonchev–Trinajstić information content (AvgIpc) is 2.29. The van der Waals surface area contributed by atoms with Crippen LogP contribution in [0.5, 0.6) is 11.5 Å². The monoisotopic (exact) mass is 225 g/mol. The van der Waals surface area contributed by atoms with Crippen LogP contribution in [0.2, 0.25) is 0 Å². The second-order valence-corrected chi connectivity index (χ2v) is 3.97. The van der Waals surface area contributed by atoms with Crippen LogP contribution in [-0.2, 0) is 6.42 Å². The molecule has 0 saturated carbocycles. The molecule has 0 fully saturated rings. The Kier molecular flexibility index (Phi) is 3.00. The van der Waals surface area contributed by atoms with Gasteiger partial charge in [-0.1, -0.05) is 0 Å². The number of phenolic OH excluding ortho intramolecular Hbond substituents is 2. The van der Waals surface area contributed by atoms with Crippen molar-refractivity contribution >= 4 is 0 Å². The number of phenols is 2. The SMILES string of the molecule is OC[C@@H](O)C1NCCc2cc(O)c(O)cc21. The van der Waals surface area contributed by atoms with Crippen LogP contribution >= 0.6 is 0 Å². The Balaban J connectivity index is 2.41. The van der Waals surface area contributed by atoms with E-state index in [4.69, 9.17) is 5.11 Å². The molecule has 2 rings (SSSR count). The molecule has 5 nitrogen and oxygen atoms in total. The van der Waals surface area contributed by atoms with E-state index in [0.29, 0.717) is 6.54 Å². The average molecular weight is 225 g/mol. The number of hydrogen-bond donors (Lipinski definition) is 5. The molecule has 0 saturated heterocycles. The van der Waals surface area contributed by atoms with Crippen molar-refractivity contribution in [3.8, 4) is 11.5 Å².